The van der Waals surface area contributed by atoms with Gasteiger partial charge in [0.05, 0.1) is 19.6 Å². The normalized spacial score (nSPS) is 20.6. The molecule has 0 saturated heterocycles. The maximum Gasteiger partial charge on any atom is 0.308 e. The summed E-state index contributed by atoms with van der Waals surface area (Å²) >= 11 is 0. The first-order valence-electron chi connectivity index (χ1n) is 7.45. The Morgan fingerprint density at radius 3 is 2.90 bits per heavy atom. The molecule has 1 fully saturated rings. The minimum absolute atomic E-state index is 0.0540. The lowest BCUT2D eigenvalue weighted by Gasteiger charge is -2.11. The Morgan fingerprint density at radius 2 is 2.20 bits per heavy atom. The maximum absolute atomic E-state index is 11.4. The van der Waals surface area contributed by atoms with E-state index < -0.39 is 0 Å². The molecule has 1 saturated carbocycles. The van der Waals surface area contributed by atoms with Crippen molar-refractivity contribution in [3.05, 3.63) is 29.3 Å². The van der Waals surface area contributed by atoms with Crippen LogP contribution in [-0.2, 0) is 16.0 Å². The lowest BCUT2D eigenvalue weighted by molar-refractivity contribution is -0.142. The monoisotopic (exact) mass is 276 g/mol. The van der Waals surface area contributed by atoms with Gasteiger partial charge >= 0.3 is 5.97 Å². The van der Waals surface area contributed by atoms with E-state index >= 15 is 0 Å². The molecule has 0 spiro atoms. The summed E-state index contributed by atoms with van der Waals surface area (Å²) in [6.07, 6.45) is 3.99. The summed E-state index contributed by atoms with van der Waals surface area (Å²) < 4.78 is 10.6. The Morgan fingerprint density at radius 1 is 1.40 bits per heavy atom. The van der Waals surface area contributed by atoms with Crippen molar-refractivity contribution in [2.75, 3.05) is 13.7 Å². The minimum Gasteiger partial charge on any atom is -0.493 e. The summed E-state index contributed by atoms with van der Waals surface area (Å²) in [7, 11) is 1.47. The zero-order valence-electron chi connectivity index (χ0n) is 12.6. The van der Waals surface area contributed by atoms with E-state index in [1.54, 1.807) is 0 Å². The molecule has 2 unspecified atom stereocenters. The molecule has 2 rings (SSSR count). The second kappa shape index (κ2) is 6.78. The molecule has 1 aliphatic rings. The summed E-state index contributed by atoms with van der Waals surface area (Å²) in [6.45, 7) is 4.96. The summed E-state index contributed by atoms with van der Waals surface area (Å²) in [5, 5.41) is 0. The molecule has 0 heterocycles. The van der Waals surface area contributed by atoms with Gasteiger partial charge in [-0.1, -0.05) is 24.6 Å². The van der Waals surface area contributed by atoms with Crippen LogP contribution in [0.1, 0.15) is 37.3 Å². The number of esters is 1. The van der Waals surface area contributed by atoms with Crippen LogP contribution in [0.15, 0.2) is 18.2 Å². The van der Waals surface area contributed by atoms with Gasteiger partial charge < -0.3 is 9.47 Å². The van der Waals surface area contributed by atoms with Gasteiger partial charge in [-0.05, 0) is 50.2 Å². The topological polar surface area (TPSA) is 35.5 Å². The summed E-state index contributed by atoms with van der Waals surface area (Å²) in [6, 6.07) is 6.34. The van der Waals surface area contributed by atoms with Gasteiger partial charge in [-0.15, -0.1) is 0 Å². The number of carbonyl (C=O) groups excluding carboxylic acids is 1. The molecule has 0 bridgehead atoms. The molecule has 0 amide bonds. The van der Waals surface area contributed by atoms with Crippen LogP contribution in [0, 0.1) is 18.8 Å². The molecule has 0 aliphatic heterocycles. The third kappa shape index (κ3) is 3.75. The van der Waals surface area contributed by atoms with Crippen LogP contribution in [0.25, 0.3) is 0 Å². The van der Waals surface area contributed by atoms with Crippen molar-refractivity contribution in [3.63, 3.8) is 0 Å². The quantitative estimate of drug-likeness (QED) is 0.715. The van der Waals surface area contributed by atoms with E-state index in [1.165, 1.54) is 18.2 Å². The fourth-order valence-corrected chi connectivity index (χ4v) is 2.60. The number of carbonyl (C=O) groups is 1. The van der Waals surface area contributed by atoms with E-state index in [0.29, 0.717) is 5.92 Å². The number of rotatable bonds is 7. The average Bonchev–Trinajstić information content (AvgIpc) is 3.23. The van der Waals surface area contributed by atoms with E-state index in [-0.39, 0.29) is 11.9 Å². The molecule has 1 aromatic rings. The Bertz CT molecular complexity index is 467. The second-order valence-corrected chi connectivity index (χ2v) is 5.62. The summed E-state index contributed by atoms with van der Waals surface area (Å²) in [5.41, 5.74) is 2.51. The van der Waals surface area contributed by atoms with Crippen molar-refractivity contribution < 1.29 is 14.3 Å². The molecule has 0 N–H and O–H groups in total. The van der Waals surface area contributed by atoms with Crippen molar-refractivity contribution >= 4 is 5.97 Å². The van der Waals surface area contributed by atoms with Crippen LogP contribution in [0.5, 0.6) is 5.75 Å². The lowest BCUT2D eigenvalue weighted by Crippen LogP contribution is -2.05. The van der Waals surface area contributed by atoms with E-state index in [2.05, 4.69) is 32.0 Å². The number of ether oxygens (including phenoxy) is 2. The first-order chi connectivity index (χ1) is 9.65. The van der Waals surface area contributed by atoms with Crippen LogP contribution in [0.2, 0.25) is 0 Å². The molecular weight excluding hydrogens is 252 g/mol. The van der Waals surface area contributed by atoms with Gasteiger partial charge in [0, 0.05) is 0 Å². The summed E-state index contributed by atoms with van der Waals surface area (Å²) in [5.74, 6) is 1.56. The number of hydrogen-bond acceptors (Lipinski definition) is 3. The smallest absolute Gasteiger partial charge is 0.308 e. The van der Waals surface area contributed by atoms with Crippen molar-refractivity contribution in [1.29, 1.82) is 0 Å². The average molecular weight is 276 g/mol. The first kappa shape index (κ1) is 14.9. The number of benzene rings is 1. The van der Waals surface area contributed by atoms with Crippen LogP contribution in [0.4, 0.5) is 0 Å². The predicted octanol–water partition coefficient (Wildman–Crippen LogP) is 3.53. The van der Waals surface area contributed by atoms with Gasteiger partial charge in [0.1, 0.15) is 5.75 Å². The Balaban J connectivity index is 1.92. The number of aryl methyl sites for hydroxylation is 2. The van der Waals surface area contributed by atoms with Gasteiger partial charge in [-0.25, -0.2) is 0 Å². The van der Waals surface area contributed by atoms with E-state index in [1.807, 2.05) is 0 Å². The van der Waals surface area contributed by atoms with E-state index in [9.17, 15) is 4.79 Å². The third-order valence-corrected chi connectivity index (χ3v) is 3.89. The number of methoxy groups -OCH3 is 1. The Kier molecular flexibility index (Phi) is 5.05. The fourth-order valence-electron chi connectivity index (χ4n) is 2.60. The van der Waals surface area contributed by atoms with Crippen molar-refractivity contribution in [2.24, 2.45) is 11.8 Å². The van der Waals surface area contributed by atoms with Gasteiger partial charge in [-0.3, -0.25) is 4.79 Å². The molecular formula is C17H24O3. The van der Waals surface area contributed by atoms with Crippen molar-refractivity contribution in [2.45, 2.75) is 39.5 Å². The molecule has 3 heteroatoms. The van der Waals surface area contributed by atoms with Crippen molar-refractivity contribution in [3.8, 4) is 5.75 Å². The van der Waals surface area contributed by atoms with Crippen LogP contribution in [-0.4, -0.2) is 19.7 Å². The maximum atomic E-state index is 11.4. The Labute approximate surface area is 121 Å². The Hall–Kier alpha value is -1.51. The second-order valence-electron chi connectivity index (χ2n) is 5.62. The SMILES string of the molecule is CCCOc1ccc(C)cc1CCC1CC1C(=O)OC. The minimum atomic E-state index is -0.0540. The first-order valence-corrected chi connectivity index (χ1v) is 7.45. The summed E-state index contributed by atoms with van der Waals surface area (Å²) in [4.78, 5) is 11.4. The molecule has 1 aliphatic carbocycles. The molecule has 0 radical (unpaired) electrons. The zero-order valence-corrected chi connectivity index (χ0v) is 12.6. The molecule has 110 valence electrons. The fraction of sp³-hybridized carbons (Fsp3) is 0.588. The highest BCUT2D eigenvalue weighted by Gasteiger charge is 2.43. The molecule has 20 heavy (non-hydrogen) atoms. The zero-order chi connectivity index (χ0) is 14.5. The van der Waals surface area contributed by atoms with E-state index in [0.717, 1.165) is 38.0 Å². The van der Waals surface area contributed by atoms with E-state index in [4.69, 9.17) is 9.47 Å². The van der Waals surface area contributed by atoms with Gasteiger partial charge in [0.15, 0.2) is 0 Å². The highest BCUT2D eigenvalue weighted by Crippen LogP contribution is 2.43. The van der Waals surface area contributed by atoms with Gasteiger partial charge in [0.25, 0.3) is 0 Å². The largest absolute Gasteiger partial charge is 0.493 e. The molecule has 1 aromatic carbocycles. The third-order valence-electron chi connectivity index (χ3n) is 3.89. The predicted molar refractivity (Wildman–Crippen MR) is 78.9 cm³/mol. The van der Waals surface area contributed by atoms with Crippen LogP contribution < -0.4 is 4.74 Å². The van der Waals surface area contributed by atoms with Crippen molar-refractivity contribution in [1.82, 2.24) is 0 Å². The van der Waals surface area contributed by atoms with Gasteiger partial charge in [-0.2, -0.15) is 0 Å². The standard InChI is InChI=1S/C17H24O3/c1-4-9-20-16-8-5-12(2)10-14(16)7-6-13-11-15(13)17(18)19-3/h5,8,10,13,15H,4,6-7,9,11H2,1-3H3. The highest BCUT2D eigenvalue weighted by atomic mass is 16.5. The van der Waals surface area contributed by atoms with Crippen LogP contribution in [0.3, 0.4) is 0 Å². The molecule has 3 nitrogen and oxygen atoms in total. The van der Waals surface area contributed by atoms with Gasteiger partial charge in [0.2, 0.25) is 0 Å². The van der Waals surface area contributed by atoms with Crippen LogP contribution >= 0.6 is 0 Å². The molecule has 2 atom stereocenters. The lowest BCUT2D eigenvalue weighted by atomic mass is 10.0. The molecule has 0 aromatic heterocycles. The number of hydrogen-bond donors (Lipinski definition) is 0. The highest BCUT2D eigenvalue weighted by molar-refractivity contribution is 5.75.